The largest absolute Gasteiger partial charge is 0.393 e. The number of hydrogen-bond donors (Lipinski definition) is 2. The predicted octanol–water partition coefficient (Wildman–Crippen LogP) is 2.09. The standard InChI is InChI=1S/C12H20N2OS/c1-9-14-8-12(16-9)7-13-6-10-2-4-11(15)5-3-10/h8,10-11,13,15H,2-7H2,1H3. The summed E-state index contributed by atoms with van der Waals surface area (Å²) in [7, 11) is 0. The van der Waals surface area contributed by atoms with Gasteiger partial charge >= 0.3 is 0 Å². The van der Waals surface area contributed by atoms with E-state index in [-0.39, 0.29) is 6.10 Å². The minimum atomic E-state index is -0.0413. The number of aryl methyl sites for hydroxylation is 1. The van der Waals surface area contributed by atoms with Crippen LogP contribution in [-0.4, -0.2) is 22.7 Å². The van der Waals surface area contributed by atoms with Crippen molar-refractivity contribution in [2.75, 3.05) is 6.54 Å². The summed E-state index contributed by atoms with van der Waals surface area (Å²) in [5, 5.41) is 14.0. The van der Waals surface area contributed by atoms with Gasteiger partial charge in [0.05, 0.1) is 11.1 Å². The summed E-state index contributed by atoms with van der Waals surface area (Å²) >= 11 is 1.76. The second-order valence-electron chi connectivity index (χ2n) is 4.65. The Labute approximate surface area is 101 Å². The van der Waals surface area contributed by atoms with E-state index in [1.54, 1.807) is 11.3 Å². The number of nitrogens with zero attached hydrogens (tertiary/aromatic N) is 1. The van der Waals surface area contributed by atoms with E-state index in [1.165, 1.54) is 4.88 Å². The lowest BCUT2D eigenvalue weighted by atomic mass is 9.87. The molecule has 2 rings (SSSR count). The van der Waals surface area contributed by atoms with Crippen molar-refractivity contribution < 1.29 is 5.11 Å². The fraction of sp³-hybridized carbons (Fsp3) is 0.750. The van der Waals surface area contributed by atoms with E-state index >= 15 is 0 Å². The molecule has 4 heteroatoms. The lowest BCUT2D eigenvalue weighted by Crippen LogP contribution is -2.27. The molecule has 0 spiro atoms. The Morgan fingerprint density at radius 3 is 2.81 bits per heavy atom. The van der Waals surface area contributed by atoms with Gasteiger partial charge in [-0.3, -0.25) is 0 Å². The zero-order chi connectivity index (χ0) is 11.4. The second-order valence-corrected chi connectivity index (χ2v) is 5.97. The molecule has 1 aliphatic rings. The van der Waals surface area contributed by atoms with E-state index in [2.05, 4.69) is 10.3 Å². The predicted molar refractivity (Wildman–Crippen MR) is 66.5 cm³/mol. The summed E-state index contributed by atoms with van der Waals surface area (Å²) in [5.41, 5.74) is 0. The molecule has 0 atom stereocenters. The first-order chi connectivity index (χ1) is 7.74. The first-order valence-corrected chi connectivity index (χ1v) is 6.86. The number of aromatic nitrogens is 1. The lowest BCUT2D eigenvalue weighted by molar-refractivity contribution is 0.108. The summed E-state index contributed by atoms with van der Waals surface area (Å²) in [4.78, 5) is 5.55. The summed E-state index contributed by atoms with van der Waals surface area (Å²) in [6.07, 6.45) is 6.20. The van der Waals surface area contributed by atoms with Crippen molar-refractivity contribution in [2.45, 2.75) is 45.3 Å². The van der Waals surface area contributed by atoms with Crippen LogP contribution in [0.2, 0.25) is 0 Å². The van der Waals surface area contributed by atoms with Gasteiger partial charge in [-0.1, -0.05) is 0 Å². The molecule has 0 saturated heterocycles. The highest BCUT2D eigenvalue weighted by molar-refractivity contribution is 7.11. The zero-order valence-corrected chi connectivity index (χ0v) is 10.6. The maximum absolute atomic E-state index is 9.41. The topological polar surface area (TPSA) is 45.2 Å². The van der Waals surface area contributed by atoms with Crippen LogP contribution < -0.4 is 5.32 Å². The van der Waals surface area contributed by atoms with E-state index in [0.29, 0.717) is 0 Å². The van der Waals surface area contributed by atoms with Crippen molar-refractivity contribution in [3.8, 4) is 0 Å². The van der Waals surface area contributed by atoms with Gasteiger partial charge in [0, 0.05) is 17.6 Å². The quantitative estimate of drug-likeness (QED) is 0.847. The Kier molecular flexibility index (Phi) is 4.32. The maximum Gasteiger partial charge on any atom is 0.0897 e. The minimum Gasteiger partial charge on any atom is -0.393 e. The molecule has 1 fully saturated rings. The molecule has 16 heavy (non-hydrogen) atoms. The SMILES string of the molecule is Cc1ncc(CNCC2CCC(O)CC2)s1. The summed E-state index contributed by atoms with van der Waals surface area (Å²) < 4.78 is 0. The van der Waals surface area contributed by atoms with Crippen LogP contribution in [0.4, 0.5) is 0 Å². The van der Waals surface area contributed by atoms with Crippen molar-refractivity contribution in [3.63, 3.8) is 0 Å². The molecule has 0 unspecified atom stereocenters. The number of aliphatic hydroxyl groups excluding tert-OH is 1. The molecule has 0 radical (unpaired) electrons. The first kappa shape index (κ1) is 12.0. The number of hydrogen-bond acceptors (Lipinski definition) is 4. The summed E-state index contributed by atoms with van der Waals surface area (Å²) in [6.45, 7) is 4.05. The second kappa shape index (κ2) is 5.75. The van der Waals surface area contributed by atoms with Gasteiger partial charge in [0.25, 0.3) is 0 Å². The molecule has 1 aromatic heterocycles. The van der Waals surface area contributed by atoms with E-state index in [0.717, 1.165) is 49.7 Å². The smallest absolute Gasteiger partial charge is 0.0897 e. The number of thiazole rings is 1. The number of aliphatic hydroxyl groups is 1. The molecule has 0 aromatic carbocycles. The highest BCUT2D eigenvalue weighted by atomic mass is 32.1. The number of rotatable bonds is 4. The Morgan fingerprint density at radius 2 is 2.19 bits per heavy atom. The van der Waals surface area contributed by atoms with Crippen molar-refractivity contribution in [2.24, 2.45) is 5.92 Å². The summed E-state index contributed by atoms with van der Waals surface area (Å²) in [5.74, 6) is 0.748. The molecule has 0 bridgehead atoms. The Hall–Kier alpha value is -0.450. The van der Waals surface area contributed by atoms with Crippen LogP contribution in [0.25, 0.3) is 0 Å². The molecular weight excluding hydrogens is 220 g/mol. The van der Waals surface area contributed by atoms with E-state index < -0.39 is 0 Å². The van der Waals surface area contributed by atoms with Gasteiger partial charge in [0.15, 0.2) is 0 Å². The van der Waals surface area contributed by atoms with Crippen molar-refractivity contribution in [3.05, 3.63) is 16.1 Å². The molecule has 1 aromatic rings. The third-order valence-corrected chi connectivity index (χ3v) is 4.13. The maximum atomic E-state index is 9.41. The van der Waals surface area contributed by atoms with Gasteiger partial charge in [-0.25, -0.2) is 4.98 Å². The van der Waals surface area contributed by atoms with Gasteiger partial charge in [-0.15, -0.1) is 11.3 Å². The van der Waals surface area contributed by atoms with Gasteiger partial charge in [0.1, 0.15) is 0 Å². The molecule has 0 aliphatic heterocycles. The first-order valence-electron chi connectivity index (χ1n) is 6.04. The molecular formula is C12H20N2OS. The molecule has 1 saturated carbocycles. The molecule has 2 N–H and O–H groups in total. The zero-order valence-electron chi connectivity index (χ0n) is 9.78. The molecule has 3 nitrogen and oxygen atoms in total. The van der Waals surface area contributed by atoms with Gasteiger partial charge < -0.3 is 10.4 Å². The normalized spacial score (nSPS) is 25.9. The lowest BCUT2D eigenvalue weighted by Gasteiger charge is -2.25. The van der Waals surface area contributed by atoms with Gasteiger partial charge in [-0.05, 0) is 45.1 Å². The van der Waals surface area contributed by atoms with Gasteiger partial charge in [0.2, 0.25) is 0 Å². The molecule has 1 aliphatic carbocycles. The fourth-order valence-electron chi connectivity index (χ4n) is 2.24. The van der Waals surface area contributed by atoms with E-state index in [9.17, 15) is 5.11 Å². The highest BCUT2D eigenvalue weighted by Crippen LogP contribution is 2.23. The average molecular weight is 240 g/mol. The van der Waals surface area contributed by atoms with Crippen LogP contribution >= 0.6 is 11.3 Å². The Morgan fingerprint density at radius 1 is 1.44 bits per heavy atom. The number of nitrogens with one attached hydrogen (secondary N) is 1. The fourth-order valence-corrected chi connectivity index (χ4v) is 3.00. The molecule has 0 amide bonds. The average Bonchev–Trinajstić information content (AvgIpc) is 2.67. The van der Waals surface area contributed by atoms with E-state index in [1.807, 2.05) is 13.1 Å². The van der Waals surface area contributed by atoms with Crippen LogP contribution in [0.3, 0.4) is 0 Å². The highest BCUT2D eigenvalue weighted by Gasteiger charge is 2.18. The Bertz CT molecular complexity index is 319. The van der Waals surface area contributed by atoms with Crippen LogP contribution in [0, 0.1) is 12.8 Å². The van der Waals surface area contributed by atoms with E-state index in [4.69, 9.17) is 0 Å². The van der Waals surface area contributed by atoms with Crippen molar-refractivity contribution >= 4 is 11.3 Å². The van der Waals surface area contributed by atoms with Gasteiger partial charge in [-0.2, -0.15) is 0 Å². The summed E-state index contributed by atoms with van der Waals surface area (Å²) in [6, 6.07) is 0. The van der Waals surface area contributed by atoms with Crippen LogP contribution in [0.1, 0.15) is 35.6 Å². The van der Waals surface area contributed by atoms with Crippen LogP contribution in [0.5, 0.6) is 0 Å². The van der Waals surface area contributed by atoms with Crippen molar-refractivity contribution in [1.29, 1.82) is 0 Å². The van der Waals surface area contributed by atoms with Crippen LogP contribution in [-0.2, 0) is 6.54 Å². The third kappa shape index (κ3) is 3.54. The monoisotopic (exact) mass is 240 g/mol. The Balaban J connectivity index is 1.64. The molecule has 1 heterocycles. The van der Waals surface area contributed by atoms with Crippen molar-refractivity contribution in [1.82, 2.24) is 10.3 Å². The minimum absolute atomic E-state index is 0.0413. The molecule has 90 valence electrons. The third-order valence-electron chi connectivity index (χ3n) is 3.22. The van der Waals surface area contributed by atoms with Crippen LogP contribution in [0.15, 0.2) is 6.20 Å².